The normalized spacial score (nSPS) is 12.1. The molecule has 1 atom stereocenters. The maximum absolute atomic E-state index is 10.7. The Balaban J connectivity index is 1.89. The highest BCUT2D eigenvalue weighted by molar-refractivity contribution is 8.00. The summed E-state index contributed by atoms with van der Waals surface area (Å²) in [7, 11) is 0. The molecule has 0 aliphatic heterocycles. The fraction of sp³-hybridized carbons (Fsp3) is 0.250. The first-order chi connectivity index (χ1) is 9.15. The average Bonchev–Trinajstić information content (AvgIpc) is 2.85. The Morgan fingerprint density at radius 3 is 2.84 bits per heavy atom. The summed E-state index contributed by atoms with van der Waals surface area (Å²) in [4.78, 5) is 10.7. The van der Waals surface area contributed by atoms with Crippen LogP contribution in [0.2, 0.25) is 0 Å². The molecule has 1 aromatic heterocycles. The summed E-state index contributed by atoms with van der Waals surface area (Å²) >= 11 is 0.999. The van der Waals surface area contributed by atoms with Gasteiger partial charge < -0.3 is 14.3 Å². The highest BCUT2D eigenvalue weighted by atomic mass is 32.2. The van der Waals surface area contributed by atoms with Crippen molar-refractivity contribution in [2.24, 2.45) is 0 Å². The molecular formula is C12H12N2O4S. The topological polar surface area (TPSA) is 85.5 Å². The van der Waals surface area contributed by atoms with Crippen molar-refractivity contribution in [3.8, 4) is 5.75 Å². The van der Waals surface area contributed by atoms with Gasteiger partial charge in [-0.2, -0.15) is 0 Å². The first kappa shape index (κ1) is 13.4. The van der Waals surface area contributed by atoms with Crippen molar-refractivity contribution in [2.45, 2.75) is 24.0 Å². The van der Waals surface area contributed by atoms with Crippen LogP contribution in [0.5, 0.6) is 5.75 Å². The van der Waals surface area contributed by atoms with E-state index in [0.29, 0.717) is 11.6 Å². The van der Waals surface area contributed by atoms with Crippen molar-refractivity contribution in [2.75, 3.05) is 0 Å². The lowest BCUT2D eigenvalue weighted by molar-refractivity contribution is -0.136. The van der Waals surface area contributed by atoms with E-state index in [2.05, 4.69) is 10.2 Å². The van der Waals surface area contributed by atoms with E-state index in [4.69, 9.17) is 14.3 Å². The maximum atomic E-state index is 10.7. The van der Waals surface area contributed by atoms with E-state index >= 15 is 0 Å². The van der Waals surface area contributed by atoms with E-state index in [1.54, 1.807) is 6.92 Å². The van der Waals surface area contributed by atoms with Gasteiger partial charge in [0.25, 0.3) is 11.1 Å². The quantitative estimate of drug-likeness (QED) is 0.812. The molecule has 0 saturated carbocycles. The molecule has 0 aliphatic carbocycles. The summed E-state index contributed by atoms with van der Waals surface area (Å²) < 4.78 is 10.7. The number of carboxylic acids is 1. The maximum Gasteiger partial charge on any atom is 0.316 e. The van der Waals surface area contributed by atoms with Gasteiger partial charge in [0.1, 0.15) is 11.0 Å². The molecule has 0 bridgehead atoms. The predicted molar refractivity (Wildman–Crippen MR) is 68.0 cm³/mol. The molecule has 7 heteroatoms. The number of aliphatic carboxylic acids is 1. The molecule has 0 fully saturated rings. The highest BCUT2D eigenvalue weighted by Crippen LogP contribution is 2.22. The number of para-hydroxylation sites is 1. The standard InChI is InChI=1S/C12H12N2O4S/c1-8(11(15)16)19-12-14-13-10(18-12)7-17-9-5-3-2-4-6-9/h2-6,8H,7H2,1H3,(H,15,16). The molecule has 0 radical (unpaired) electrons. The molecule has 2 aromatic rings. The van der Waals surface area contributed by atoms with Crippen LogP contribution in [-0.4, -0.2) is 26.5 Å². The SMILES string of the molecule is CC(Sc1nnc(COc2ccccc2)o1)C(=O)O. The van der Waals surface area contributed by atoms with Crippen LogP contribution in [0.1, 0.15) is 12.8 Å². The minimum absolute atomic E-state index is 0.152. The zero-order valence-corrected chi connectivity index (χ0v) is 11.0. The van der Waals surface area contributed by atoms with Crippen LogP contribution >= 0.6 is 11.8 Å². The van der Waals surface area contributed by atoms with E-state index < -0.39 is 11.2 Å². The van der Waals surface area contributed by atoms with Crippen LogP contribution in [0.25, 0.3) is 0 Å². The van der Waals surface area contributed by atoms with Crippen molar-refractivity contribution in [1.29, 1.82) is 0 Å². The second-order valence-electron chi connectivity index (χ2n) is 3.66. The summed E-state index contributed by atoms with van der Waals surface area (Å²) in [6.45, 7) is 1.70. The first-order valence-corrected chi connectivity index (χ1v) is 6.43. The number of carbonyl (C=O) groups is 1. The van der Waals surface area contributed by atoms with Crippen LogP contribution in [-0.2, 0) is 11.4 Å². The number of aromatic nitrogens is 2. The Kier molecular flexibility index (Phi) is 4.40. The van der Waals surface area contributed by atoms with Gasteiger partial charge in [0.2, 0.25) is 0 Å². The van der Waals surface area contributed by atoms with Crippen LogP contribution in [0, 0.1) is 0 Å². The lowest BCUT2D eigenvalue weighted by Crippen LogP contribution is -2.10. The number of thioether (sulfide) groups is 1. The Labute approximate surface area is 113 Å². The third-order valence-corrected chi connectivity index (χ3v) is 3.10. The minimum atomic E-state index is -0.926. The minimum Gasteiger partial charge on any atom is -0.484 e. The highest BCUT2D eigenvalue weighted by Gasteiger charge is 2.17. The third-order valence-electron chi connectivity index (χ3n) is 2.18. The van der Waals surface area contributed by atoms with Gasteiger partial charge in [-0.15, -0.1) is 10.2 Å². The van der Waals surface area contributed by atoms with Crippen molar-refractivity contribution in [3.05, 3.63) is 36.2 Å². The van der Waals surface area contributed by atoms with E-state index in [9.17, 15) is 4.79 Å². The molecule has 6 nitrogen and oxygen atoms in total. The molecule has 2 rings (SSSR count). The van der Waals surface area contributed by atoms with E-state index in [-0.39, 0.29) is 11.8 Å². The fourth-order valence-electron chi connectivity index (χ4n) is 1.21. The van der Waals surface area contributed by atoms with Crippen LogP contribution < -0.4 is 4.74 Å². The number of hydrogen-bond donors (Lipinski definition) is 1. The summed E-state index contributed by atoms with van der Waals surface area (Å²) in [5.41, 5.74) is 0. The monoisotopic (exact) mass is 280 g/mol. The zero-order chi connectivity index (χ0) is 13.7. The number of carboxylic acid groups (broad SMARTS) is 1. The molecule has 1 heterocycles. The zero-order valence-electron chi connectivity index (χ0n) is 10.1. The molecule has 0 amide bonds. The van der Waals surface area contributed by atoms with Gasteiger partial charge in [-0.1, -0.05) is 30.0 Å². The number of rotatable bonds is 6. The smallest absolute Gasteiger partial charge is 0.316 e. The largest absolute Gasteiger partial charge is 0.484 e. The second-order valence-corrected chi connectivity index (χ2v) is 4.95. The Morgan fingerprint density at radius 2 is 2.16 bits per heavy atom. The molecular weight excluding hydrogens is 268 g/mol. The molecule has 0 spiro atoms. The number of nitrogens with zero attached hydrogens (tertiary/aromatic N) is 2. The van der Waals surface area contributed by atoms with Crippen LogP contribution in [0.15, 0.2) is 40.0 Å². The Bertz CT molecular complexity index is 544. The molecule has 1 aromatic carbocycles. The average molecular weight is 280 g/mol. The van der Waals surface area contributed by atoms with E-state index in [0.717, 1.165) is 11.8 Å². The fourth-order valence-corrected chi connectivity index (χ4v) is 1.84. The lowest BCUT2D eigenvalue weighted by atomic mass is 10.3. The van der Waals surface area contributed by atoms with E-state index in [1.807, 2.05) is 30.3 Å². The summed E-state index contributed by atoms with van der Waals surface area (Å²) in [6, 6.07) is 9.25. The predicted octanol–water partition coefficient (Wildman–Crippen LogP) is 2.21. The van der Waals surface area contributed by atoms with Gasteiger partial charge in [-0.3, -0.25) is 4.79 Å². The second kappa shape index (κ2) is 6.24. The summed E-state index contributed by atoms with van der Waals surface area (Å²) in [6.07, 6.45) is 0. The Hall–Kier alpha value is -2.02. The van der Waals surface area contributed by atoms with Crippen molar-refractivity contribution >= 4 is 17.7 Å². The van der Waals surface area contributed by atoms with Crippen molar-refractivity contribution < 1.29 is 19.1 Å². The van der Waals surface area contributed by atoms with Gasteiger partial charge >= 0.3 is 5.97 Å². The van der Waals surface area contributed by atoms with Gasteiger partial charge in [-0.25, -0.2) is 0 Å². The van der Waals surface area contributed by atoms with Crippen LogP contribution in [0.4, 0.5) is 0 Å². The number of ether oxygens (including phenoxy) is 1. The summed E-state index contributed by atoms with van der Waals surface area (Å²) in [5.74, 6) is 0.0861. The van der Waals surface area contributed by atoms with Gasteiger partial charge in [0.05, 0.1) is 0 Å². The molecule has 100 valence electrons. The van der Waals surface area contributed by atoms with Crippen molar-refractivity contribution in [1.82, 2.24) is 10.2 Å². The molecule has 19 heavy (non-hydrogen) atoms. The van der Waals surface area contributed by atoms with Crippen molar-refractivity contribution in [3.63, 3.8) is 0 Å². The number of benzene rings is 1. The molecule has 0 saturated heterocycles. The van der Waals surface area contributed by atoms with Crippen LogP contribution in [0.3, 0.4) is 0 Å². The Morgan fingerprint density at radius 1 is 1.42 bits per heavy atom. The third kappa shape index (κ3) is 3.99. The summed E-state index contributed by atoms with van der Waals surface area (Å²) in [5, 5.41) is 15.9. The molecule has 1 unspecified atom stereocenters. The van der Waals surface area contributed by atoms with E-state index in [1.165, 1.54) is 0 Å². The van der Waals surface area contributed by atoms with Gasteiger partial charge in [0.15, 0.2) is 6.61 Å². The number of hydrogen-bond acceptors (Lipinski definition) is 6. The van der Waals surface area contributed by atoms with Gasteiger partial charge in [0, 0.05) is 0 Å². The first-order valence-electron chi connectivity index (χ1n) is 5.55. The molecule has 1 N–H and O–H groups in total. The molecule has 0 aliphatic rings. The lowest BCUT2D eigenvalue weighted by Gasteiger charge is -2.02. The van der Waals surface area contributed by atoms with Gasteiger partial charge in [-0.05, 0) is 19.1 Å².